The molecule has 1 unspecified atom stereocenters. The Morgan fingerprint density at radius 3 is 2.69 bits per heavy atom. The molecule has 148 valence electrons. The zero-order valence-electron chi connectivity index (χ0n) is 15.6. The van der Waals surface area contributed by atoms with Crippen molar-refractivity contribution in [1.82, 2.24) is 15.2 Å². The summed E-state index contributed by atoms with van der Waals surface area (Å²) in [5.74, 6) is 0.268. The molecular weight excluding hydrogens is 459 g/mol. The number of amides is 1. The highest BCUT2D eigenvalue weighted by Gasteiger charge is 2.34. The summed E-state index contributed by atoms with van der Waals surface area (Å²) in [4.78, 5) is 18.6. The summed E-state index contributed by atoms with van der Waals surface area (Å²) >= 11 is 4.84. The molecule has 1 aliphatic rings. The molecule has 0 saturated heterocycles. The van der Waals surface area contributed by atoms with Crippen LogP contribution in [0.2, 0.25) is 0 Å². The van der Waals surface area contributed by atoms with E-state index in [2.05, 4.69) is 31.1 Å². The zero-order chi connectivity index (χ0) is 20.5. The van der Waals surface area contributed by atoms with Crippen molar-refractivity contribution >= 4 is 39.3 Å². The number of hydrogen-bond donors (Lipinski definition) is 0. The molecule has 0 aliphatic carbocycles. The van der Waals surface area contributed by atoms with Crippen molar-refractivity contribution in [3.8, 4) is 17.1 Å². The van der Waals surface area contributed by atoms with Gasteiger partial charge in [-0.25, -0.2) is 4.39 Å². The van der Waals surface area contributed by atoms with Crippen LogP contribution in [-0.2, 0) is 4.79 Å². The van der Waals surface area contributed by atoms with Gasteiger partial charge in [0.15, 0.2) is 5.69 Å². The Bertz CT molecular complexity index is 1080. The van der Waals surface area contributed by atoms with Gasteiger partial charge in [0.25, 0.3) is 0 Å². The minimum absolute atomic E-state index is 0.208. The van der Waals surface area contributed by atoms with Crippen molar-refractivity contribution in [1.29, 1.82) is 0 Å². The maximum Gasteiger partial charge on any atom is 0.247 e. The summed E-state index contributed by atoms with van der Waals surface area (Å²) < 4.78 is 21.2. The van der Waals surface area contributed by atoms with E-state index >= 15 is 0 Å². The van der Waals surface area contributed by atoms with Gasteiger partial charge in [-0.1, -0.05) is 46.7 Å². The lowest BCUT2D eigenvalue weighted by atomic mass is 10.1. The predicted molar refractivity (Wildman–Crippen MR) is 112 cm³/mol. The van der Waals surface area contributed by atoms with E-state index in [1.165, 1.54) is 35.7 Å². The predicted octanol–water partition coefficient (Wildman–Crippen LogP) is 5.00. The number of aromatic nitrogens is 3. The Kier molecular flexibility index (Phi) is 5.51. The molecule has 9 heteroatoms. The Morgan fingerprint density at radius 1 is 1.24 bits per heavy atom. The third-order valence-corrected chi connectivity index (χ3v) is 5.58. The Hall–Kier alpha value is -2.52. The molecule has 29 heavy (non-hydrogen) atoms. The fourth-order valence-corrected chi connectivity index (χ4v) is 3.88. The fraction of sp³-hybridized carbons (Fsp3) is 0.200. The molecule has 0 spiro atoms. The first kappa shape index (κ1) is 19.8. The van der Waals surface area contributed by atoms with Crippen molar-refractivity contribution < 1.29 is 13.9 Å². The van der Waals surface area contributed by atoms with Crippen molar-refractivity contribution in [3.05, 3.63) is 58.3 Å². The Balaban J connectivity index is 1.96. The van der Waals surface area contributed by atoms with Gasteiger partial charge in [-0.3, -0.25) is 9.69 Å². The normalized spacial score (nSPS) is 15.2. The average Bonchev–Trinajstić information content (AvgIpc) is 2.83. The molecule has 1 aromatic heterocycles. The number of hydrogen-bond acceptors (Lipinski definition) is 6. The number of carbonyl (C=O) groups excluding carboxylic acids is 1. The van der Waals surface area contributed by atoms with E-state index in [1.54, 1.807) is 6.07 Å². The van der Waals surface area contributed by atoms with Gasteiger partial charge in [-0.05, 0) is 36.1 Å². The van der Waals surface area contributed by atoms with E-state index in [9.17, 15) is 9.18 Å². The molecular formula is C20H16BrFN4O2S. The van der Waals surface area contributed by atoms with Crippen molar-refractivity contribution in [3.63, 3.8) is 0 Å². The molecule has 1 amide bonds. The molecule has 0 N–H and O–H groups in total. The van der Waals surface area contributed by atoms with E-state index in [-0.39, 0.29) is 11.8 Å². The van der Waals surface area contributed by atoms with Crippen LogP contribution in [-0.4, -0.2) is 26.8 Å². The topological polar surface area (TPSA) is 68.2 Å². The number of carbonyl (C=O) groups is 1. The van der Waals surface area contributed by atoms with Crippen LogP contribution in [0.1, 0.15) is 25.6 Å². The van der Waals surface area contributed by atoms with Gasteiger partial charge in [-0.15, -0.1) is 10.2 Å². The summed E-state index contributed by atoms with van der Waals surface area (Å²) in [5.41, 5.74) is 1.93. The molecule has 0 fully saturated rings. The van der Waals surface area contributed by atoms with Gasteiger partial charge in [0, 0.05) is 22.5 Å². The van der Waals surface area contributed by atoms with Crippen LogP contribution in [0, 0.1) is 5.82 Å². The highest BCUT2D eigenvalue weighted by atomic mass is 79.9. The highest BCUT2D eigenvalue weighted by Crippen LogP contribution is 2.43. The molecule has 1 atom stereocenters. The number of rotatable bonds is 3. The smallest absolute Gasteiger partial charge is 0.247 e. The van der Waals surface area contributed by atoms with E-state index < -0.39 is 12.0 Å². The second-order valence-corrected chi connectivity index (χ2v) is 8.40. The largest absolute Gasteiger partial charge is 0.447 e. The second-order valence-electron chi connectivity index (χ2n) is 6.25. The third kappa shape index (κ3) is 3.84. The van der Waals surface area contributed by atoms with E-state index in [0.717, 1.165) is 15.8 Å². The van der Waals surface area contributed by atoms with E-state index in [1.807, 2.05) is 31.2 Å². The molecule has 0 saturated carbocycles. The monoisotopic (exact) mass is 474 g/mol. The third-order valence-electron chi connectivity index (χ3n) is 4.33. The van der Waals surface area contributed by atoms with Gasteiger partial charge in [0.1, 0.15) is 5.82 Å². The van der Waals surface area contributed by atoms with Crippen molar-refractivity contribution in [2.24, 2.45) is 0 Å². The average molecular weight is 475 g/mol. The molecule has 0 bridgehead atoms. The maximum absolute atomic E-state index is 14.1. The minimum Gasteiger partial charge on any atom is -0.447 e. The number of benzene rings is 2. The first-order valence-electron chi connectivity index (χ1n) is 8.87. The zero-order valence-corrected chi connectivity index (χ0v) is 18.0. The van der Waals surface area contributed by atoms with Gasteiger partial charge < -0.3 is 4.74 Å². The lowest BCUT2D eigenvalue weighted by molar-refractivity contribution is -0.118. The van der Waals surface area contributed by atoms with Crippen LogP contribution >= 0.6 is 27.7 Å². The summed E-state index contributed by atoms with van der Waals surface area (Å²) in [7, 11) is 0. The molecule has 0 radical (unpaired) electrons. The lowest BCUT2D eigenvalue weighted by Crippen LogP contribution is -2.36. The number of thioether (sulfide) groups is 1. The number of halogens is 2. The van der Waals surface area contributed by atoms with E-state index in [0.29, 0.717) is 22.1 Å². The standard InChI is InChI=1S/C20H16BrFN4O2S/c1-3-29-20-23-18-17(24-25-20)15-10-14(22)8-9-16(15)26(11(2)27)19(28-18)12-4-6-13(21)7-5-12/h4-10,19H,3H2,1-2H3. The first-order chi connectivity index (χ1) is 14.0. The van der Waals surface area contributed by atoms with Gasteiger partial charge in [-0.2, -0.15) is 4.98 Å². The number of nitrogens with zero attached hydrogens (tertiary/aromatic N) is 4. The Morgan fingerprint density at radius 2 is 2.00 bits per heavy atom. The summed E-state index contributed by atoms with van der Waals surface area (Å²) in [5, 5.41) is 8.82. The molecule has 1 aliphatic heterocycles. The maximum atomic E-state index is 14.1. The lowest BCUT2D eigenvalue weighted by Gasteiger charge is -2.29. The quantitative estimate of drug-likeness (QED) is 0.497. The molecule has 3 aromatic rings. The number of fused-ring (bicyclic) bond motifs is 3. The number of ether oxygens (including phenoxy) is 1. The molecule has 2 heterocycles. The molecule has 2 aromatic carbocycles. The van der Waals surface area contributed by atoms with Crippen LogP contribution < -0.4 is 9.64 Å². The van der Waals surface area contributed by atoms with Crippen molar-refractivity contribution in [2.45, 2.75) is 25.2 Å². The fourth-order valence-electron chi connectivity index (χ4n) is 3.11. The first-order valence-corrected chi connectivity index (χ1v) is 10.6. The summed E-state index contributed by atoms with van der Waals surface area (Å²) in [6.45, 7) is 3.42. The Labute approximate surface area is 179 Å². The van der Waals surface area contributed by atoms with Crippen LogP contribution in [0.25, 0.3) is 11.3 Å². The van der Waals surface area contributed by atoms with Gasteiger partial charge in [0.05, 0.1) is 5.69 Å². The van der Waals surface area contributed by atoms with Crippen LogP contribution in [0.5, 0.6) is 5.88 Å². The van der Waals surface area contributed by atoms with Crippen LogP contribution in [0.15, 0.2) is 52.1 Å². The summed E-state index contributed by atoms with van der Waals surface area (Å²) in [6, 6.07) is 11.6. The molecule has 4 rings (SSSR count). The van der Waals surface area contributed by atoms with Gasteiger partial charge in [0.2, 0.25) is 23.2 Å². The minimum atomic E-state index is -0.790. The van der Waals surface area contributed by atoms with E-state index in [4.69, 9.17) is 4.74 Å². The summed E-state index contributed by atoms with van der Waals surface area (Å²) in [6.07, 6.45) is -0.790. The number of anilines is 1. The van der Waals surface area contributed by atoms with Crippen molar-refractivity contribution in [2.75, 3.05) is 10.7 Å². The SMILES string of the molecule is CCSc1nnc2c(n1)OC(c1ccc(Br)cc1)N(C(C)=O)c1ccc(F)cc1-2. The van der Waals surface area contributed by atoms with Crippen LogP contribution in [0.3, 0.4) is 0 Å². The second kappa shape index (κ2) is 8.08. The molecule has 6 nitrogen and oxygen atoms in total. The van der Waals surface area contributed by atoms with Gasteiger partial charge >= 0.3 is 0 Å². The van der Waals surface area contributed by atoms with Crippen LogP contribution in [0.4, 0.5) is 10.1 Å². The highest BCUT2D eigenvalue weighted by molar-refractivity contribution is 9.10.